The van der Waals surface area contributed by atoms with E-state index in [2.05, 4.69) is 28.2 Å². The van der Waals surface area contributed by atoms with Gasteiger partial charge in [0.15, 0.2) is 0 Å². The highest BCUT2D eigenvalue weighted by Gasteiger charge is 2.59. The molecule has 2 unspecified atom stereocenters. The summed E-state index contributed by atoms with van der Waals surface area (Å²) >= 11 is 3.95. The molecule has 0 aliphatic heterocycles. The summed E-state index contributed by atoms with van der Waals surface area (Å²) in [5, 5.41) is 3.15. The molecule has 1 amide bonds. The molecule has 0 saturated heterocycles. The van der Waals surface area contributed by atoms with Crippen molar-refractivity contribution in [3.63, 3.8) is 0 Å². The van der Waals surface area contributed by atoms with E-state index in [1.54, 1.807) is 0 Å². The van der Waals surface area contributed by atoms with Gasteiger partial charge in [-0.3, -0.25) is 4.79 Å². The highest BCUT2D eigenvalue weighted by Crippen LogP contribution is 2.64. The molecule has 4 fully saturated rings. The van der Waals surface area contributed by atoms with Gasteiger partial charge in [0, 0.05) is 10.9 Å². The summed E-state index contributed by atoms with van der Waals surface area (Å²) in [5.74, 6) is 1.93. The largest absolute Gasteiger partial charge is 0.356 e. The maximum absolute atomic E-state index is 12.5. The summed E-state index contributed by atoms with van der Waals surface area (Å²) < 4.78 is 0.292. The smallest absolute Gasteiger partial charge is 0.226 e. The van der Waals surface area contributed by atoms with E-state index >= 15 is 0 Å². The molecule has 0 aromatic carbocycles. The molecule has 4 saturated carbocycles. The van der Waals surface area contributed by atoms with Crippen molar-refractivity contribution >= 4 is 21.8 Å². The van der Waals surface area contributed by atoms with Crippen molar-refractivity contribution in [1.82, 2.24) is 5.32 Å². The topological polar surface area (TPSA) is 29.1 Å². The lowest BCUT2D eigenvalue weighted by atomic mass is 9.49. The number of carbonyl (C=O) groups excluding carboxylic acids is 1. The SMILES string of the molecule is CCCNC(=O)C12CC3CC(CC(Br)(C3)C1)C2. The summed E-state index contributed by atoms with van der Waals surface area (Å²) in [4.78, 5) is 12.5. The van der Waals surface area contributed by atoms with Crippen LogP contribution in [0.1, 0.15) is 51.9 Å². The van der Waals surface area contributed by atoms with Crippen LogP contribution in [0, 0.1) is 17.3 Å². The fourth-order valence-electron chi connectivity index (χ4n) is 4.84. The first-order chi connectivity index (χ1) is 8.05. The van der Waals surface area contributed by atoms with Gasteiger partial charge in [0.1, 0.15) is 0 Å². The van der Waals surface area contributed by atoms with Gasteiger partial charge in [0.25, 0.3) is 0 Å². The molecule has 17 heavy (non-hydrogen) atoms. The molecule has 0 aromatic rings. The van der Waals surface area contributed by atoms with Crippen LogP contribution in [0.5, 0.6) is 0 Å². The minimum atomic E-state index is -0.0250. The van der Waals surface area contributed by atoms with Gasteiger partial charge in [-0.2, -0.15) is 0 Å². The van der Waals surface area contributed by atoms with Crippen LogP contribution < -0.4 is 5.32 Å². The van der Waals surface area contributed by atoms with Crippen molar-refractivity contribution in [1.29, 1.82) is 0 Å². The third kappa shape index (κ3) is 1.94. The zero-order chi connectivity index (χ0) is 12.1. The number of halogens is 1. The van der Waals surface area contributed by atoms with Crippen molar-refractivity contribution in [3.8, 4) is 0 Å². The van der Waals surface area contributed by atoms with Crippen LogP contribution in [0.4, 0.5) is 0 Å². The third-order valence-electron chi connectivity index (χ3n) is 5.01. The molecule has 0 aromatic heterocycles. The van der Waals surface area contributed by atoms with Crippen LogP contribution in [-0.4, -0.2) is 16.8 Å². The van der Waals surface area contributed by atoms with Crippen LogP contribution in [0.3, 0.4) is 0 Å². The predicted octanol–water partition coefficient (Wildman–Crippen LogP) is 3.25. The molecule has 0 radical (unpaired) electrons. The summed E-state index contributed by atoms with van der Waals surface area (Å²) in [6.07, 6.45) is 8.37. The Bertz CT molecular complexity index is 327. The standard InChI is InChI=1S/C14H22BrNO/c1-2-3-16-12(17)13-5-10-4-11(6-13)8-14(15,7-10)9-13/h10-11H,2-9H2,1H3,(H,16,17). The highest BCUT2D eigenvalue weighted by atomic mass is 79.9. The summed E-state index contributed by atoms with van der Waals surface area (Å²) in [6.45, 7) is 2.96. The Kier molecular flexibility index (Phi) is 2.81. The third-order valence-corrected chi connectivity index (χ3v) is 5.93. The van der Waals surface area contributed by atoms with E-state index in [1.165, 1.54) is 19.3 Å². The maximum Gasteiger partial charge on any atom is 0.226 e. The van der Waals surface area contributed by atoms with Crippen LogP contribution >= 0.6 is 15.9 Å². The number of hydrogen-bond acceptors (Lipinski definition) is 1. The van der Waals surface area contributed by atoms with E-state index < -0.39 is 0 Å². The van der Waals surface area contributed by atoms with E-state index in [-0.39, 0.29) is 5.41 Å². The molecule has 4 rings (SSSR count). The number of amides is 1. The molecule has 3 heteroatoms. The normalized spacial score (nSPS) is 47.2. The minimum Gasteiger partial charge on any atom is -0.356 e. The van der Waals surface area contributed by atoms with Crippen molar-refractivity contribution in [2.75, 3.05) is 6.54 Å². The van der Waals surface area contributed by atoms with E-state index in [1.807, 2.05) is 0 Å². The van der Waals surface area contributed by atoms with Crippen LogP contribution in [0.2, 0.25) is 0 Å². The molecule has 96 valence electrons. The van der Waals surface area contributed by atoms with Crippen LogP contribution in [-0.2, 0) is 4.79 Å². The quantitative estimate of drug-likeness (QED) is 0.797. The van der Waals surface area contributed by atoms with Crippen molar-refractivity contribution in [2.24, 2.45) is 17.3 Å². The van der Waals surface area contributed by atoms with Crippen molar-refractivity contribution in [2.45, 2.75) is 56.2 Å². The fourth-order valence-corrected chi connectivity index (χ4v) is 6.29. The van der Waals surface area contributed by atoms with Gasteiger partial charge in [-0.25, -0.2) is 0 Å². The Morgan fingerprint density at radius 1 is 1.29 bits per heavy atom. The molecule has 2 atom stereocenters. The Hall–Kier alpha value is -0.0500. The maximum atomic E-state index is 12.5. The first kappa shape index (κ1) is 12.0. The Balaban J connectivity index is 1.81. The molecule has 4 bridgehead atoms. The van der Waals surface area contributed by atoms with Gasteiger partial charge >= 0.3 is 0 Å². The van der Waals surface area contributed by atoms with E-state index in [4.69, 9.17) is 0 Å². The number of nitrogens with one attached hydrogen (secondary N) is 1. The van der Waals surface area contributed by atoms with Gasteiger partial charge in [-0.15, -0.1) is 0 Å². The van der Waals surface area contributed by atoms with Gasteiger partial charge in [-0.05, 0) is 56.8 Å². The Labute approximate surface area is 112 Å². The highest BCUT2D eigenvalue weighted by molar-refractivity contribution is 9.10. The Morgan fingerprint density at radius 2 is 1.94 bits per heavy atom. The molecule has 2 nitrogen and oxygen atoms in total. The van der Waals surface area contributed by atoms with Crippen molar-refractivity contribution < 1.29 is 4.79 Å². The van der Waals surface area contributed by atoms with Gasteiger partial charge in [-0.1, -0.05) is 22.9 Å². The van der Waals surface area contributed by atoms with E-state index in [0.29, 0.717) is 10.2 Å². The second-order valence-electron chi connectivity index (χ2n) is 6.65. The Morgan fingerprint density at radius 3 is 2.47 bits per heavy atom. The minimum absolute atomic E-state index is 0.0250. The molecule has 0 spiro atoms. The molecular weight excluding hydrogens is 278 g/mol. The second kappa shape index (κ2) is 3.97. The zero-order valence-corrected chi connectivity index (χ0v) is 12.2. The molecule has 0 heterocycles. The lowest BCUT2D eigenvalue weighted by Crippen LogP contribution is -2.58. The molecule has 4 aliphatic rings. The van der Waals surface area contributed by atoms with Gasteiger partial charge in [0.05, 0.1) is 5.41 Å². The van der Waals surface area contributed by atoms with Crippen molar-refractivity contribution in [3.05, 3.63) is 0 Å². The predicted molar refractivity (Wildman–Crippen MR) is 72.1 cm³/mol. The average Bonchev–Trinajstić information content (AvgIpc) is 2.22. The van der Waals surface area contributed by atoms with E-state index in [0.717, 1.165) is 44.1 Å². The van der Waals surface area contributed by atoms with Crippen LogP contribution in [0.25, 0.3) is 0 Å². The second-order valence-corrected chi connectivity index (χ2v) is 8.33. The molecule has 4 aliphatic carbocycles. The van der Waals surface area contributed by atoms with Gasteiger partial charge < -0.3 is 5.32 Å². The fraction of sp³-hybridized carbons (Fsp3) is 0.929. The zero-order valence-electron chi connectivity index (χ0n) is 10.6. The van der Waals surface area contributed by atoms with E-state index in [9.17, 15) is 4.79 Å². The summed E-state index contributed by atoms with van der Waals surface area (Å²) in [5.41, 5.74) is -0.0250. The molecular formula is C14H22BrNO. The first-order valence-electron chi connectivity index (χ1n) is 7.02. The number of rotatable bonds is 3. The monoisotopic (exact) mass is 299 g/mol. The lowest BCUT2D eigenvalue weighted by Gasteiger charge is -2.59. The average molecular weight is 300 g/mol. The first-order valence-corrected chi connectivity index (χ1v) is 7.82. The summed E-state index contributed by atoms with van der Waals surface area (Å²) in [7, 11) is 0. The number of alkyl halides is 1. The summed E-state index contributed by atoms with van der Waals surface area (Å²) in [6, 6.07) is 0. The number of carbonyl (C=O) groups is 1. The number of hydrogen-bond donors (Lipinski definition) is 1. The van der Waals surface area contributed by atoms with Crippen LogP contribution in [0.15, 0.2) is 0 Å². The van der Waals surface area contributed by atoms with Gasteiger partial charge in [0.2, 0.25) is 5.91 Å². The lowest BCUT2D eigenvalue weighted by molar-refractivity contribution is -0.144. The molecule has 1 N–H and O–H groups in total.